The number of ether oxygens (including phenoxy) is 2. The molecular weight excluding hydrogens is 404 g/mol. The van der Waals surface area contributed by atoms with Gasteiger partial charge in [0, 0.05) is 13.0 Å². The standard InChI is InChI=1S/C26H34O4Si/c1-7-28-20-29-24-18-12-9-15-21(24)14-8-11-17-23(27)22-16-10-13-19-25(22)30-31(5,6)26(2,3)4/h9-10,12-13,15-16,18-19H,7-8,14,20H2,1-6H3. The van der Waals surface area contributed by atoms with Crippen molar-refractivity contribution < 1.29 is 18.7 Å². The third-order valence-corrected chi connectivity index (χ3v) is 9.84. The summed E-state index contributed by atoms with van der Waals surface area (Å²) in [5.74, 6) is 7.01. The number of hydrogen-bond donors (Lipinski definition) is 0. The van der Waals surface area contributed by atoms with Crippen molar-refractivity contribution in [3.05, 3.63) is 59.7 Å². The van der Waals surface area contributed by atoms with Gasteiger partial charge in [-0.1, -0.05) is 57.0 Å². The lowest BCUT2D eigenvalue weighted by Crippen LogP contribution is -2.44. The fourth-order valence-electron chi connectivity index (χ4n) is 2.62. The molecule has 0 atom stereocenters. The minimum atomic E-state index is -2.05. The van der Waals surface area contributed by atoms with Gasteiger partial charge in [0.25, 0.3) is 8.32 Å². The molecule has 0 aliphatic carbocycles. The van der Waals surface area contributed by atoms with Crippen molar-refractivity contribution in [2.24, 2.45) is 0 Å². The molecule has 166 valence electrons. The Morgan fingerprint density at radius 3 is 2.32 bits per heavy atom. The molecule has 2 aromatic carbocycles. The van der Waals surface area contributed by atoms with Crippen LogP contribution in [0.1, 0.15) is 50.0 Å². The van der Waals surface area contributed by atoms with E-state index in [1.807, 2.05) is 49.4 Å². The summed E-state index contributed by atoms with van der Waals surface area (Å²) in [6.07, 6.45) is 1.26. The van der Waals surface area contributed by atoms with Crippen LogP contribution in [-0.4, -0.2) is 27.5 Å². The van der Waals surface area contributed by atoms with Crippen LogP contribution in [0.15, 0.2) is 48.5 Å². The molecule has 0 amide bonds. The van der Waals surface area contributed by atoms with Crippen molar-refractivity contribution >= 4 is 14.1 Å². The lowest BCUT2D eigenvalue weighted by atomic mass is 10.1. The second-order valence-corrected chi connectivity index (χ2v) is 13.6. The van der Waals surface area contributed by atoms with Gasteiger partial charge in [-0.25, -0.2) is 0 Å². The quantitative estimate of drug-likeness (QED) is 0.116. The Morgan fingerprint density at radius 2 is 1.65 bits per heavy atom. The highest BCUT2D eigenvalue weighted by Gasteiger charge is 2.39. The fourth-order valence-corrected chi connectivity index (χ4v) is 3.65. The molecule has 0 radical (unpaired) electrons. The molecule has 0 spiro atoms. The second-order valence-electron chi connectivity index (χ2n) is 8.85. The number of hydrogen-bond acceptors (Lipinski definition) is 4. The normalized spacial score (nSPS) is 11.4. The van der Waals surface area contributed by atoms with E-state index in [0.717, 1.165) is 11.3 Å². The van der Waals surface area contributed by atoms with E-state index in [1.165, 1.54) is 0 Å². The predicted molar refractivity (Wildman–Crippen MR) is 128 cm³/mol. The molecule has 0 aliphatic heterocycles. The van der Waals surface area contributed by atoms with Gasteiger partial charge in [0.15, 0.2) is 6.79 Å². The summed E-state index contributed by atoms with van der Waals surface area (Å²) >= 11 is 0. The first-order valence-corrected chi connectivity index (χ1v) is 13.7. The lowest BCUT2D eigenvalue weighted by molar-refractivity contribution is 0.0218. The Balaban J connectivity index is 2.06. The van der Waals surface area contributed by atoms with E-state index < -0.39 is 8.32 Å². The maximum Gasteiger partial charge on any atom is 0.250 e. The molecule has 2 aromatic rings. The molecule has 0 aliphatic rings. The average molecular weight is 439 g/mol. The Kier molecular flexibility index (Phi) is 8.91. The third-order valence-electron chi connectivity index (χ3n) is 5.50. The topological polar surface area (TPSA) is 44.8 Å². The summed E-state index contributed by atoms with van der Waals surface area (Å²) in [6.45, 7) is 13.6. The van der Waals surface area contributed by atoms with E-state index >= 15 is 0 Å². The maximum absolute atomic E-state index is 12.8. The summed E-state index contributed by atoms with van der Waals surface area (Å²) in [5, 5.41) is 0.0481. The second kappa shape index (κ2) is 11.2. The summed E-state index contributed by atoms with van der Waals surface area (Å²) in [4.78, 5) is 12.8. The van der Waals surface area contributed by atoms with Crippen LogP contribution in [-0.2, 0) is 11.2 Å². The Bertz CT molecular complexity index is 932. The zero-order chi connectivity index (χ0) is 22.9. The summed E-state index contributed by atoms with van der Waals surface area (Å²) in [5.41, 5.74) is 1.57. The predicted octanol–water partition coefficient (Wildman–Crippen LogP) is 6.26. The molecule has 0 saturated carbocycles. The Labute approximate surface area is 188 Å². The van der Waals surface area contributed by atoms with Crippen LogP contribution in [0.4, 0.5) is 0 Å². The number of ketones is 1. The highest BCUT2D eigenvalue weighted by atomic mass is 28.4. The SMILES string of the molecule is CCOCOc1ccccc1CCC#CC(=O)c1ccccc1O[Si](C)(C)C(C)(C)C. The fraction of sp³-hybridized carbons (Fsp3) is 0.423. The molecule has 0 fully saturated rings. The van der Waals surface area contributed by atoms with Crippen LogP contribution in [0.3, 0.4) is 0 Å². The lowest BCUT2D eigenvalue weighted by Gasteiger charge is -2.36. The monoisotopic (exact) mass is 438 g/mol. The number of Topliss-reactive ketones (excluding diaryl/α,β-unsaturated/α-hetero) is 1. The summed E-state index contributed by atoms with van der Waals surface area (Å²) in [7, 11) is -2.05. The van der Waals surface area contributed by atoms with Gasteiger partial charge in [-0.3, -0.25) is 4.79 Å². The first kappa shape index (κ1) is 24.7. The molecule has 0 unspecified atom stereocenters. The zero-order valence-corrected chi connectivity index (χ0v) is 20.6. The largest absolute Gasteiger partial charge is 0.543 e. The van der Waals surface area contributed by atoms with Crippen molar-refractivity contribution in [2.45, 2.75) is 58.7 Å². The number of para-hydroxylation sites is 2. The van der Waals surface area contributed by atoms with Gasteiger partial charge >= 0.3 is 0 Å². The number of benzene rings is 2. The van der Waals surface area contributed by atoms with Crippen molar-refractivity contribution in [3.63, 3.8) is 0 Å². The molecule has 2 rings (SSSR count). The van der Waals surface area contributed by atoms with Crippen LogP contribution in [0.25, 0.3) is 0 Å². The van der Waals surface area contributed by atoms with Crippen LogP contribution in [0.5, 0.6) is 11.5 Å². The van der Waals surface area contributed by atoms with E-state index in [9.17, 15) is 4.79 Å². The molecule has 0 heterocycles. The molecule has 0 saturated heterocycles. The average Bonchev–Trinajstić information content (AvgIpc) is 2.71. The number of carbonyl (C=O) groups excluding carboxylic acids is 1. The van der Waals surface area contributed by atoms with Gasteiger partial charge in [0.2, 0.25) is 5.78 Å². The van der Waals surface area contributed by atoms with Gasteiger partial charge in [-0.05, 0) is 61.2 Å². The van der Waals surface area contributed by atoms with E-state index in [2.05, 4.69) is 45.7 Å². The highest BCUT2D eigenvalue weighted by molar-refractivity contribution is 6.74. The number of aryl methyl sites for hydroxylation is 1. The molecule has 4 nitrogen and oxygen atoms in total. The minimum Gasteiger partial charge on any atom is -0.543 e. The van der Waals surface area contributed by atoms with Crippen LogP contribution in [0, 0.1) is 11.8 Å². The summed E-state index contributed by atoms with van der Waals surface area (Å²) in [6, 6.07) is 15.2. The van der Waals surface area contributed by atoms with Crippen LogP contribution >= 0.6 is 0 Å². The van der Waals surface area contributed by atoms with Crippen molar-refractivity contribution in [1.82, 2.24) is 0 Å². The molecule has 0 bridgehead atoms. The van der Waals surface area contributed by atoms with Gasteiger partial charge < -0.3 is 13.9 Å². The van der Waals surface area contributed by atoms with Crippen LogP contribution < -0.4 is 9.16 Å². The minimum absolute atomic E-state index is 0.0481. The van der Waals surface area contributed by atoms with Crippen LogP contribution in [0.2, 0.25) is 18.1 Å². The molecule has 0 aromatic heterocycles. The number of rotatable bonds is 9. The van der Waals surface area contributed by atoms with Gasteiger partial charge in [-0.15, -0.1) is 0 Å². The van der Waals surface area contributed by atoms with Gasteiger partial charge in [0.1, 0.15) is 11.5 Å². The smallest absolute Gasteiger partial charge is 0.250 e. The molecule has 5 heteroatoms. The van der Waals surface area contributed by atoms with E-state index in [4.69, 9.17) is 13.9 Å². The Hall–Kier alpha value is -2.55. The Morgan fingerprint density at radius 1 is 1.00 bits per heavy atom. The maximum atomic E-state index is 12.8. The van der Waals surface area contributed by atoms with Gasteiger partial charge in [-0.2, -0.15) is 0 Å². The van der Waals surface area contributed by atoms with E-state index in [0.29, 0.717) is 30.8 Å². The highest BCUT2D eigenvalue weighted by Crippen LogP contribution is 2.38. The van der Waals surface area contributed by atoms with Crippen molar-refractivity contribution in [2.75, 3.05) is 13.4 Å². The molecule has 31 heavy (non-hydrogen) atoms. The molecular formula is C26H34O4Si. The van der Waals surface area contributed by atoms with Gasteiger partial charge in [0.05, 0.1) is 5.56 Å². The van der Waals surface area contributed by atoms with Crippen molar-refractivity contribution in [3.8, 4) is 23.3 Å². The van der Waals surface area contributed by atoms with Crippen molar-refractivity contribution in [1.29, 1.82) is 0 Å². The third kappa shape index (κ3) is 7.27. The van der Waals surface area contributed by atoms with E-state index in [1.54, 1.807) is 6.07 Å². The first-order chi connectivity index (χ1) is 14.7. The zero-order valence-electron chi connectivity index (χ0n) is 19.6. The number of carbonyl (C=O) groups is 1. The van der Waals surface area contributed by atoms with E-state index in [-0.39, 0.29) is 17.6 Å². The summed E-state index contributed by atoms with van der Waals surface area (Å²) < 4.78 is 17.3. The molecule has 0 N–H and O–H groups in total. The first-order valence-electron chi connectivity index (χ1n) is 10.8.